The van der Waals surface area contributed by atoms with Gasteiger partial charge >= 0.3 is 0 Å². The first-order chi connectivity index (χ1) is 30.2. The molecular weight excluding hydrogens is 739 g/mol. The van der Waals surface area contributed by atoms with Crippen molar-refractivity contribution < 1.29 is 0 Å². The Morgan fingerprint density at radius 1 is 0.230 bits per heavy atom. The summed E-state index contributed by atoms with van der Waals surface area (Å²) >= 11 is 0. The molecule has 1 heterocycles. The second-order valence-corrected chi connectivity index (χ2v) is 15.5. The van der Waals surface area contributed by atoms with E-state index in [1.807, 2.05) is 12.1 Å². The number of fused-ring (bicyclic) bond motifs is 3. The topological polar surface area (TPSA) is 38.7 Å². The molecule has 0 fully saturated rings. The van der Waals surface area contributed by atoms with E-state index in [1.165, 1.54) is 33.4 Å². The lowest BCUT2D eigenvalue weighted by Crippen LogP contribution is -2.28. The number of rotatable bonds is 8. The van der Waals surface area contributed by atoms with Crippen LogP contribution in [0.1, 0.15) is 22.3 Å². The van der Waals surface area contributed by atoms with Crippen LogP contribution in [0.2, 0.25) is 0 Å². The van der Waals surface area contributed by atoms with Gasteiger partial charge in [-0.05, 0) is 85.0 Å². The molecule has 9 aromatic carbocycles. The van der Waals surface area contributed by atoms with Crippen molar-refractivity contribution in [1.29, 1.82) is 0 Å². The summed E-state index contributed by atoms with van der Waals surface area (Å²) in [5, 5.41) is 0. The minimum atomic E-state index is -0.513. The summed E-state index contributed by atoms with van der Waals surface area (Å²) in [6.07, 6.45) is 0. The predicted octanol–water partition coefficient (Wildman–Crippen LogP) is 14.2. The summed E-state index contributed by atoms with van der Waals surface area (Å²) in [6, 6.07) is 84.2. The third kappa shape index (κ3) is 6.35. The van der Waals surface area contributed by atoms with Gasteiger partial charge in [0.2, 0.25) is 0 Å². The lowest BCUT2D eigenvalue weighted by atomic mass is 9.67. The highest BCUT2D eigenvalue weighted by atomic mass is 15.0. The summed E-state index contributed by atoms with van der Waals surface area (Å²) in [5.41, 5.74) is 16.4. The highest BCUT2D eigenvalue weighted by molar-refractivity contribution is 5.90. The molecule has 1 aliphatic carbocycles. The molecule has 0 radical (unpaired) electrons. The predicted molar refractivity (Wildman–Crippen MR) is 250 cm³/mol. The van der Waals surface area contributed by atoms with Crippen molar-refractivity contribution in [3.8, 4) is 78.7 Å². The maximum absolute atomic E-state index is 5.31. The highest BCUT2D eigenvalue weighted by Gasteiger charge is 2.46. The molecule has 0 spiro atoms. The fourth-order valence-corrected chi connectivity index (χ4v) is 9.23. The van der Waals surface area contributed by atoms with Crippen molar-refractivity contribution in [3.63, 3.8) is 0 Å². The van der Waals surface area contributed by atoms with Crippen LogP contribution in [0.25, 0.3) is 78.7 Å². The van der Waals surface area contributed by atoms with Gasteiger partial charge in [-0.3, -0.25) is 0 Å². The van der Waals surface area contributed by atoms with Crippen LogP contribution in [0.3, 0.4) is 0 Å². The molecule has 10 aromatic rings. The monoisotopic (exact) mass is 777 g/mol. The molecule has 0 saturated carbocycles. The van der Waals surface area contributed by atoms with Crippen molar-refractivity contribution in [1.82, 2.24) is 15.0 Å². The Morgan fingerprint density at radius 2 is 0.639 bits per heavy atom. The van der Waals surface area contributed by atoms with E-state index < -0.39 is 5.41 Å². The van der Waals surface area contributed by atoms with E-state index in [0.717, 1.165) is 50.1 Å². The lowest BCUT2D eigenvalue weighted by molar-refractivity contribution is 0.769. The van der Waals surface area contributed by atoms with E-state index in [1.54, 1.807) is 0 Å². The third-order valence-corrected chi connectivity index (χ3v) is 12.0. The van der Waals surface area contributed by atoms with Gasteiger partial charge in [0, 0.05) is 16.7 Å². The van der Waals surface area contributed by atoms with E-state index in [0.29, 0.717) is 17.5 Å². The Kier molecular flexibility index (Phi) is 9.05. The van der Waals surface area contributed by atoms with Crippen LogP contribution in [-0.2, 0) is 5.41 Å². The molecule has 11 rings (SSSR count). The molecule has 61 heavy (non-hydrogen) atoms. The average molecular weight is 778 g/mol. The van der Waals surface area contributed by atoms with Gasteiger partial charge in [-0.15, -0.1) is 0 Å². The van der Waals surface area contributed by atoms with Crippen LogP contribution in [0.15, 0.2) is 237 Å². The molecule has 3 heteroatoms. The smallest absolute Gasteiger partial charge is 0.164 e. The first-order valence-electron chi connectivity index (χ1n) is 20.8. The molecule has 0 unspecified atom stereocenters. The van der Waals surface area contributed by atoms with E-state index in [9.17, 15) is 0 Å². The van der Waals surface area contributed by atoms with Crippen LogP contribution in [0.4, 0.5) is 0 Å². The van der Waals surface area contributed by atoms with E-state index in [-0.39, 0.29) is 0 Å². The Hall–Kier alpha value is -8.01. The van der Waals surface area contributed by atoms with Gasteiger partial charge in [-0.1, -0.05) is 218 Å². The van der Waals surface area contributed by atoms with Gasteiger partial charge in [-0.2, -0.15) is 0 Å². The first kappa shape index (κ1) is 36.1. The van der Waals surface area contributed by atoms with Crippen LogP contribution < -0.4 is 0 Å². The van der Waals surface area contributed by atoms with Gasteiger partial charge in [0.15, 0.2) is 17.5 Å². The third-order valence-electron chi connectivity index (χ3n) is 12.0. The molecular formula is C58H39N3. The summed E-state index contributed by atoms with van der Waals surface area (Å²) < 4.78 is 0. The summed E-state index contributed by atoms with van der Waals surface area (Å²) in [4.78, 5) is 15.8. The fourth-order valence-electron chi connectivity index (χ4n) is 9.23. The average Bonchev–Trinajstić information content (AvgIpc) is 3.65. The summed E-state index contributed by atoms with van der Waals surface area (Å²) in [6.45, 7) is 0. The molecule has 0 saturated heterocycles. The Bertz CT molecular complexity index is 3040. The number of hydrogen-bond donors (Lipinski definition) is 0. The number of nitrogens with zero attached hydrogens (tertiary/aromatic N) is 3. The zero-order chi connectivity index (χ0) is 40.6. The molecule has 1 aliphatic rings. The minimum absolute atomic E-state index is 0.513. The van der Waals surface area contributed by atoms with Crippen molar-refractivity contribution in [2.24, 2.45) is 0 Å². The second-order valence-electron chi connectivity index (χ2n) is 15.5. The molecule has 0 atom stereocenters. The molecule has 0 amide bonds. The van der Waals surface area contributed by atoms with Crippen LogP contribution >= 0.6 is 0 Å². The second kappa shape index (κ2) is 15.3. The molecule has 0 bridgehead atoms. The van der Waals surface area contributed by atoms with Gasteiger partial charge < -0.3 is 0 Å². The Labute approximate surface area is 356 Å². The minimum Gasteiger partial charge on any atom is -0.208 e. The quantitative estimate of drug-likeness (QED) is 0.154. The number of benzene rings is 9. The molecule has 286 valence electrons. The van der Waals surface area contributed by atoms with Crippen LogP contribution in [-0.4, -0.2) is 15.0 Å². The van der Waals surface area contributed by atoms with E-state index >= 15 is 0 Å². The van der Waals surface area contributed by atoms with Gasteiger partial charge in [0.1, 0.15) is 0 Å². The van der Waals surface area contributed by atoms with Gasteiger partial charge in [-0.25, -0.2) is 15.0 Å². The first-order valence-corrected chi connectivity index (χ1v) is 20.8. The number of aromatic nitrogens is 3. The summed E-state index contributed by atoms with van der Waals surface area (Å²) in [7, 11) is 0. The largest absolute Gasteiger partial charge is 0.208 e. The zero-order valence-corrected chi connectivity index (χ0v) is 33.4. The summed E-state index contributed by atoms with van der Waals surface area (Å²) in [5.74, 6) is 1.86. The standard InChI is InChI=1S/C58H39N3/c1-5-19-40(20-6-1)42-23-17-25-45(37-42)55-59-56(46-26-18-24-43(38-46)41-21-7-2-8-22-41)61-57(60-55)52-33-14-13-31-49(52)44-35-36-51-50-32-15-16-34-53(50)58(54(51)39-44,47-27-9-3-10-28-47)48-29-11-4-12-30-48/h1-39H. The van der Waals surface area contributed by atoms with Crippen molar-refractivity contribution in [3.05, 3.63) is 259 Å². The molecule has 0 N–H and O–H groups in total. The van der Waals surface area contributed by atoms with E-state index in [4.69, 9.17) is 15.0 Å². The maximum atomic E-state index is 5.31. The maximum Gasteiger partial charge on any atom is 0.164 e. The Balaban J connectivity index is 1.11. The number of hydrogen-bond acceptors (Lipinski definition) is 3. The molecule has 0 aliphatic heterocycles. The molecule has 3 nitrogen and oxygen atoms in total. The molecule has 1 aromatic heterocycles. The van der Waals surface area contributed by atoms with Crippen molar-refractivity contribution >= 4 is 0 Å². The fraction of sp³-hybridized carbons (Fsp3) is 0.0172. The Morgan fingerprint density at radius 3 is 1.20 bits per heavy atom. The lowest BCUT2D eigenvalue weighted by Gasteiger charge is -2.34. The van der Waals surface area contributed by atoms with Crippen molar-refractivity contribution in [2.75, 3.05) is 0 Å². The normalized spacial score (nSPS) is 12.4. The van der Waals surface area contributed by atoms with Gasteiger partial charge in [0.05, 0.1) is 5.41 Å². The zero-order valence-electron chi connectivity index (χ0n) is 33.4. The van der Waals surface area contributed by atoms with Gasteiger partial charge in [0.25, 0.3) is 0 Å². The van der Waals surface area contributed by atoms with E-state index in [2.05, 4.69) is 224 Å². The SMILES string of the molecule is c1ccc(-c2cccc(-c3nc(-c4cccc(-c5ccccc5)c4)nc(-c4ccccc4-c4ccc5c(c4)C(c4ccccc4)(c4ccccc4)c4ccccc4-5)n3)c2)cc1. The van der Waals surface area contributed by atoms with Crippen molar-refractivity contribution in [2.45, 2.75) is 5.41 Å². The highest BCUT2D eigenvalue weighted by Crippen LogP contribution is 2.57. The van der Waals surface area contributed by atoms with Crippen LogP contribution in [0.5, 0.6) is 0 Å². The van der Waals surface area contributed by atoms with Crippen LogP contribution in [0, 0.1) is 0 Å².